The number of nitrogens with zero attached hydrogens (tertiary/aromatic N) is 2. The van der Waals surface area contributed by atoms with Gasteiger partial charge in [0, 0.05) is 6.54 Å². The van der Waals surface area contributed by atoms with Crippen molar-refractivity contribution in [2.75, 3.05) is 0 Å². The molecule has 1 aromatic heterocycles. The number of hydrazone groups is 1. The second-order valence-electron chi connectivity index (χ2n) is 9.44. The van der Waals surface area contributed by atoms with Gasteiger partial charge in [0.25, 0.3) is 0 Å². The number of hydrogen-bond acceptors (Lipinski definition) is 6. The molecule has 4 rings (SSSR count). The third-order valence-corrected chi connectivity index (χ3v) is 8.77. The summed E-state index contributed by atoms with van der Waals surface area (Å²) in [5, 5.41) is 7.06. The van der Waals surface area contributed by atoms with Crippen molar-refractivity contribution in [2.45, 2.75) is 37.9 Å². The highest BCUT2D eigenvalue weighted by Gasteiger charge is 2.26. The van der Waals surface area contributed by atoms with Gasteiger partial charge in [0.1, 0.15) is 11.5 Å². The molecule has 0 aliphatic heterocycles. The number of halogens is 2. The first-order valence-electron chi connectivity index (χ1n) is 12.8. The van der Waals surface area contributed by atoms with Crippen LogP contribution in [0.15, 0.2) is 99.3 Å². The van der Waals surface area contributed by atoms with E-state index in [2.05, 4.69) is 15.8 Å². The second-order valence-corrected chi connectivity index (χ2v) is 12.2. The van der Waals surface area contributed by atoms with E-state index in [-0.39, 0.29) is 29.8 Å². The molecular formula is C30H28Cl2N4O5S. The lowest BCUT2D eigenvalue weighted by Crippen LogP contribution is -2.39. The summed E-state index contributed by atoms with van der Waals surface area (Å²) in [6, 6.07) is 23.5. The summed E-state index contributed by atoms with van der Waals surface area (Å²) < 4.78 is 34.2. The molecule has 0 aliphatic rings. The molecule has 0 radical (unpaired) electrons. The molecule has 1 atom stereocenters. The Balaban J connectivity index is 1.44. The number of carbonyl (C=O) groups excluding carboxylic acids is 2. The second kappa shape index (κ2) is 13.8. The maximum absolute atomic E-state index is 13.6. The molecule has 0 spiro atoms. The Morgan fingerprint density at radius 3 is 2.33 bits per heavy atom. The van der Waals surface area contributed by atoms with Gasteiger partial charge in [-0.1, -0.05) is 77.3 Å². The fourth-order valence-corrected chi connectivity index (χ4v) is 5.66. The van der Waals surface area contributed by atoms with E-state index in [0.29, 0.717) is 21.4 Å². The molecule has 218 valence electrons. The Morgan fingerprint density at radius 1 is 0.929 bits per heavy atom. The van der Waals surface area contributed by atoms with Crippen molar-refractivity contribution in [1.82, 2.24) is 15.0 Å². The van der Waals surface area contributed by atoms with Crippen LogP contribution in [0.5, 0.6) is 0 Å². The summed E-state index contributed by atoms with van der Waals surface area (Å²) in [5.41, 5.74) is 4.57. The van der Waals surface area contributed by atoms with Gasteiger partial charge in [0.2, 0.25) is 10.0 Å². The summed E-state index contributed by atoms with van der Waals surface area (Å²) in [7, 11) is -3.93. The zero-order valence-electron chi connectivity index (χ0n) is 22.8. The van der Waals surface area contributed by atoms with Crippen molar-refractivity contribution in [3.05, 3.63) is 123 Å². The largest absolute Gasteiger partial charge is 0.459 e. The number of furan rings is 1. The Labute approximate surface area is 254 Å². The first kappa shape index (κ1) is 31.0. The smallest absolute Gasteiger partial charge is 0.329 e. The molecule has 0 aliphatic carbocycles. The molecular weight excluding hydrogens is 599 g/mol. The normalized spacial score (nSPS) is 12.4. The molecule has 12 heteroatoms. The minimum atomic E-state index is -3.93. The van der Waals surface area contributed by atoms with Crippen LogP contribution in [0.1, 0.15) is 41.2 Å². The highest BCUT2D eigenvalue weighted by Crippen LogP contribution is 2.26. The number of carbonyl (C=O) groups is 2. The Morgan fingerprint density at radius 2 is 1.64 bits per heavy atom. The van der Waals surface area contributed by atoms with Gasteiger partial charge in [-0.2, -0.15) is 9.41 Å². The standard InChI is InChI=1S/C30H28Cl2N4O5S/c1-20-8-13-26(14-9-20)42(39,40)36(18-22-10-15-27(31)28(32)16-22)19-25-12-11-24(41-25)17-33-35-30(38)29(37)34-21(2)23-6-4-3-5-7-23/h3-17,21H,18-19H2,1-2H3,(H,34,37)(H,35,38)/b33-17+/t21-/m1/s1. The molecule has 42 heavy (non-hydrogen) atoms. The van der Waals surface area contributed by atoms with E-state index < -0.39 is 21.8 Å². The van der Waals surface area contributed by atoms with Gasteiger partial charge in [-0.05, 0) is 61.4 Å². The molecule has 0 bridgehead atoms. The maximum atomic E-state index is 13.6. The van der Waals surface area contributed by atoms with E-state index in [9.17, 15) is 18.0 Å². The topological polar surface area (TPSA) is 121 Å². The van der Waals surface area contributed by atoms with Crippen molar-refractivity contribution in [3.8, 4) is 0 Å². The van der Waals surface area contributed by atoms with Crippen LogP contribution in [-0.2, 0) is 32.7 Å². The Bertz CT molecular complexity index is 1690. The number of benzene rings is 3. The van der Waals surface area contributed by atoms with Crippen LogP contribution in [0.4, 0.5) is 0 Å². The average molecular weight is 628 g/mol. The van der Waals surface area contributed by atoms with Gasteiger partial charge in [-0.15, -0.1) is 0 Å². The SMILES string of the molecule is Cc1ccc(S(=O)(=O)N(Cc2ccc(Cl)c(Cl)c2)Cc2ccc(/C=N/NC(=O)C(=O)N[C@H](C)c3ccccc3)o2)cc1. The van der Waals surface area contributed by atoms with Crippen molar-refractivity contribution < 1.29 is 22.4 Å². The zero-order chi connectivity index (χ0) is 30.3. The number of amides is 2. The molecule has 0 unspecified atom stereocenters. The first-order chi connectivity index (χ1) is 20.0. The zero-order valence-corrected chi connectivity index (χ0v) is 25.1. The summed E-state index contributed by atoms with van der Waals surface area (Å²) >= 11 is 12.2. The van der Waals surface area contributed by atoms with Crippen LogP contribution in [0.3, 0.4) is 0 Å². The fraction of sp³-hybridized carbons (Fsp3) is 0.167. The molecule has 2 amide bonds. The third kappa shape index (κ3) is 8.07. The fourth-order valence-electron chi connectivity index (χ4n) is 3.94. The van der Waals surface area contributed by atoms with Crippen LogP contribution in [-0.4, -0.2) is 30.8 Å². The lowest BCUT2D eigenvalue weighted by atomic mass is 10.1. The summed E-state index contributed by atoms with van der Waals surface area (Å²) in [4.78, 5) is 24.5. The van der Waals surface area contributed by atoms with Gasteiger partial charge >= 0.3 is 11.8 Å². The van der Waals surface area contributed by atoms with Gasteiger partial charge in [-0.25, -0.2) is 13.8 Å². The van der Waals surface area contributed by atoms with Gasteiger partial charge < -0.3 is 9.73 Å². The maximum Gasteiger partial charge on any atom is 0.329 e. The number of sulfonamides is 1. The molecule has 0 saturated heterocycles. The number of nitrogens with one attached hydrogen (secondary N) is 2. The van der Waals surface area contributed by atoms with Crippen molar-refractivity contribution in [1.29, 1.82) is 0 Å². The van der Waals surface area contributed by atoms with Crippen molar-refractivity contribution in [3.63, 3.8) is 0 Å². The molecule has 3 aromatic carbocycles. The Kier molecular flexibility index (Phi) is 10.2. The van der Waals surface area contributed by atoms with E-state index in [1.165, 1.54) is 10.5 Å². The van der Waals surface area contributed by atoms with Crippen LogP contribution < -0.4 is 10.7 Å². The van der Waals surface area contributed by atoms with Crippen LogP contribution in [0, 0.1) is 6.92 Å². The molecule has 9 nitrogen and oxygen atoms in total. The number of aryl methyl sites for hydroxylation is 1. The summed E-state index contributed by atoms with van der Waals surface area (Å²) in [5.74, 6) is -1.22. The first-order valence-corrected chi connectivity index (χ1v) is 15.0. The highest BCUT2D eigenvalue weighted by atomic mass is 35.5. The van der Waals surface area contributed by atoms with E-state index >= 15 is 0 Å². The van der Waals surface area contributed by atoms with E-state index in [0.717, 1.165) is 11.1 Å². The molecule has 0 saturated carbocycles. The Hall–Kier alpha value is -3.96. The monoisotopic (exact) mass is 626 g/mol. The molecule has 1 heterocycles. The number of hydrogen-bond donors (Lipinski definition) is 2. The lowest BCUT2D eigenvalue weighted by molar-refractivity contribution is -0.139. The van der Waals surface area contributed by atoms with Gasteiger partial charge in [-0.3, -0.25) is 9.59 Å². The highest BCUT2D eigenvalue weighted by molar-refractivity contribution is 7.89. The molecule has 2 N–H and O–H groups in total. The predicted octanol–water partition coefficient (Wildman–Crippen LogP) is 5.61. The van der Waals surface area contributed by atoms with E-state index in [1.807, 2.05) is 37.3 Å². The lowest BCUT2D eigenvalue weighted by Gasteiger charge is -2.22. The molecule has 0 fully saturated rings. The average Bonchev–Trinajstić information content (AvgIpc) is 3.42. The van der Waals surface area contributed by atoms with Crippen molar-refractivity contribution in [2.24, 2.45) is 5.10 Å². The minimum absolute atomic E-state index is 0.00376. The molecule has 4 aromatic rings. The minimum Gasteiger partial charge on any atom is -0.459 e. The van der Waals surface area contributed by atoms with Crippen molar-refractivity contribution >= 4 is 51.3 Å². The number of rotatable bonds is 10. The van der Waals surface area contributed by atoms with Gasteiger partial charge in [0.15, 0.2) is 0 Å². The van der Waals surface area contributed by atoms with E-state index in [1.54, 1.807) is 61.5 Å². The quantitative estimate of drug-likeness (QED) is 0.135. The summed E-state index contributed by atoms with van der Waals surface area (Å²) in [6.45, 7) is 3.54. The van der Waals surface area contributed by atoms with Gasteiger partial charge in [0.05, 0.1) is 33.7 Å². The van der Waals surface area contributed by atoms with Crippen LogP contribution >= 0.6 is 23.2 Å². The third-order valence-electron chi connectivity index (χ3n) is 6.23. The predicted molar refractivity (Wildman–Crippen MR) is 162 cm³/mol. The van der Waals surface area contributed by atoms with Crippen LogP contribution in [0.25, 0.3) is 0 Å². The summed E-state index contributed by atoms with van der Waals surface area (Å²) in [6.07, 6.45) is 1.22. The van der Waals surface area contributed by atoms with Crippen LogP contribution in [0.2, 0.25) is 10.0 Å². The van der Waals surface area contributed by atoms with E-state index in [4.69, 9.17) is 27.6 Å².